The first-order valence-corrected chi connectivity index (χ1v) is 7.86. The Bertz CT molecular complexity index is 618. The van der Waals surface area contributed by atoms with Crippen LogP contribution in [-0.2, 0) is 14.8 Å². The SMILES string of the molecule is Cc1cc(/C=C/C(=O)O)cc(NS(=O)(=O)CC(C)C)c1. The van der Waals surface area contributed by atoms with Crippen molar-refractivity contribution in [1.82, 2.24) is 0 Å². The van der Waals surface area contributed by atoms with Crippen molar-refractivity contribution in [2.45, 2.75) is 20.8 Å². The quantitative estimate of drug-likeness (QED) is 0.790. The van der Waals surface area contributed by atoms with Crippen LogP contribution in [-0.4, -0.2) is 25.2 Å². The summed E-state index contributed by atoms with van der Waals surface area (Å²) in [6.07, 6.45) is 2.44. The van der Waals surface area contributed by atoms with Crippen molar-refractivity contribution < 1.29 is 18.3 Å². The molecule has 0 aliphatic heterocycles. The lowest BCUT2D eigenvalue weighted by Gasteiger charge is -2.11. The van der Waals surface area contributed by atoms with Crippen LogP contribution in [0.4, 0.5) is 5.69 Å². The summed E-state index contributed by atoms with van der Waals surface area (Å²) in [6.45, 7) is 5.48. The molecule has 0 radical (unpaired) electrons. The van der Waals surface area contributed by atoms with E-state index in [-0.39, 0.29) is 11.7 Å². The highest BCUT2D eigenvalue weighted by Gasteiger charge is 2.13. The van der Waals surface area contributed by atoms with Crippen molar-refractivity contribution >= 4 is 27.8 Å². The van der Waals surface area contributed by atoms with Gasteiger partial charge in [-0.2, -0.15) is 0 Å². The molecule has 0 aliphatic carbocycles. The van der Waals surface area contributed by atoms with Crippen molar-refractivity contribution in [2.75, 3.05) is 10.5 Å². The van der Waals surface area contributed by atoms with Crippen LogP contribution >= 0.6 is 0 Å². The Labute approximate surface area is 119 Å². The molecular formula is C14H19NO4S. The highest BCUT2D eigenvalue weighted by Crippen LogP contribution is 2.17. The Kier molecular flexibility index (Phi) is 5.33. The summed E-state index contributed by atoms with van der Waals surface area (Å²) >= 11 is 0. The molecule has 20 heavy (non-hydrogen) atoms. The first-order valence-electron chi connectivity index (χ1n) is 6.21. The second-order valence-electron chi connectivity index (χ2n) is 5.08. The van der Waals surface area contributed by atoms with Crippen molar-refractivity contribution in [3.63, 3.8) is 0 Å². The Morgan fingerprint density at radius 1 is 1.35 bits per heavy atom. The van der Waals surface area contributed by atoms with Gasteiger partial charge in [0.15, 0.2) is 0 Å². The maximum atomic E-state index is 11.9. The van der Waals surface area contributed by atoms with Gasteiger partial charge >= 0.3 is 5.97 Å². The number of carboxylic acids is 1. The molecular weight excluding hydrogens is 278 g/mol. The van der Waals surface area contributed by atoms with Crippen molar-refractivity contribution in [3.8, 4) is 0 Å². The number of hydrogen-bond donors (Lipinski definition) is 2. The molecule has 0 saturated heterocycles. The molecule has 0 aliphatic rings. The van der Waals surface area contributed by atoms with E-state index in [1.54, 1.807) is 18.2 Å². The van der Waals surface area contributed by atoms with Gasteiger partial charge < -0.3 is 5.11 Å². The van der Waals surface area contributed by atoms with Gasteiger partial charge in [0.1, 0.15) is 0 Å². The summed E-state index contributed by atoms with van der Waals surface area (Å²) in [5.41, 5.74) is 1.92. The van der Waals surface area contributed by atoms with Gasteiger partial charge in [0.2, 0.25) is 10.0 Å². The Morgan fingerprint density at radius 2 is 2.00 bits per heavy atom. The van der Waals surface area contributed by atoms with E-state index in [9.17, 15) is 13.2 Å². The lowest BCUT2D eigenvalue weighted by Crippen LogP contribution is -2.20. The fourth-order valence-electron chi connectivity index (χ4n) is 1.80. The number of aliphatic carboxylic acids is 1. The molecule has 0 amide bonds. The van der Waals surface area contributed by atoms with Crippen LogP contribution in [0.3, 0.4) is 0 Å². The third kappa shape index (κ3) is 5.88. The number of sulfonamides is 1. The lowest BCUT2D eigenvalue weighted by atomic mass is 10.1. The summed E-state index contributed by atoms with van der Waals surface area (Å²) in [5.74, 6) is -0.974. The average Bonchev–Trinajstić information content (AvgIpc) is 2.22. The first kappa shape index (κ1) is 16.2. The maximum Gasteiger partial charge on any atom is 0.328 e. The third-order valence-corrected chi connectivity index (χ3v) is 4.00. The van der Waals surface area contributed by atoms with Crippen LogP contribution in [0.2, 0.25) is 0 Å². The number of carbonyl (C=O) groups is 1. The zero-order chi connectivity index (χ0) is 15.3. The third-order valence-electron chi connectivity index (χ3n) is 2.34. The van der Waals surface area contributed by atoms with Crippen LogP contribution in [0.25, 0.3) is 6.08 Å². The standard InChI is InChI=1S/C14H19NO4S/c1-10(2)9-20(18,19)15-13-7-11(3)6-12(8-13)4-5-14(16)17/h4-8,10,15H,9H2,1-3H3,(H,16,17)/b5-4+. The number of carboxylic acid groups (broad SMARTS) is 1. The summed E-state index contributed by atoms with van der Waals surface area (Å²) < 4.78 is 26.3. The first-order chi connectivity index (χ1) is 9.18. The Morgan fingerprint density at radius 3 is 2.55 bits per heavy atom. The lowest BCUT2D eigenvalue weighted by molar-refractivity contribution is -0.131. The molecule has 1 aromatic rings. The number of rotatable bonds is 6. The molecule has 1 aromatic carbocycles. The van der Waals surface area contributed by atoms with Gasteiger partial charge in [0.25, 0.3) is 0 Å². The van der Waals surface area contributed by atoms with E-state index in [2.05, 4.69) is 4.72 Å². The highest BCUT2D eigenvalue weighted by molar-refractivity contribution is 7.92. The van der Waals surface area contributed by atoms with Gasteiger partial charge in [0.05, 0.1) is 5.75 Å². The minimum Gasteiger partial charge on any atom is -0.478 e. The number of benzene rings is 1. The van der Waals surface area contributed by atoms with Crippen molar-refractivity contribution in [2.24, 2.45) is 5.92 Å². The van der Waals surface area contributed by atoms with Crippen LogP contribution in [0.15, 0.2) is 24.3 Å². The smallest absolute Gasteiger partial charge is 0.328 e. The summed E-state index contributed by atoms with van der Waals surface area (Å²) in [7, 11) is -3.39. The molecule has 0 fully saturated rings. The van der Waals surface area contributed by atoms with Crippen molar-refractivity contribution in [3.05, 3.63) is 35.4 Å². The van der Waals surface area contributed by atoms with Crippen molar-refractivity contribution in [1.29, 1.82) is 0 Å². The van der Waals surface area contributed by atoms with Gasteiger partial charge in [-0.3, -0.25) is 4.72 Å². The molecule has 0 heterocycles. The largest absolute Gasteiger partial charge is 0.478 e. The molecule has 1 rings (SSSR count). The maximum absolute atomic E-state index is 11.9. The van der Waals surface area contributed by atoms with Crippen LogP contribution in [0, 0.1) is 12.8 Å². The minimum absolute atomic E-state index is 0.0312. The summed E-state index contributed by atoms with van der Waals surface area (Å²) in [4.78, 5) is 10.5. The fraction of sp³-hybridized carbons (Fsp3) is 0.357. The van der Waals surface area contributed by atoms with Gasteiger partial charge in [-0.05, 0) is 42.2 Å². The van der Waals surface area contributed by atoms with E-state index in [1.165, 1.54) is 6.08 Å². The minimum atomic E-state index is -3.39. The predicted octanol–water partition coefficient (Wildman–Crippen LogP) is 2.49. The Hall–Kier alpha value is -1.82. The predicted molar refractivity (Wildman–Crippen MR) is 80.1 cm³/mol. The van der Waals surface area contributed by atoms with E-state index in [0.717, 1.165) is 11.6 Å². The van der Waals surface area contributed by atoms with Gasteiger partial charge in [-0.15, -0.1) is 0 Å². The number of anilines is 1. The Balaban J connectivity index is 2.99. The van der Waals surface area contributed by atoms with Crippen LogP contribution in [0.5, 0.6) is 0 Å². The molecule has 0 atom stereocenters. The molecule has 0 saturated carbocycles. The molecule has 0 bridgehead atoms. The molecule has 0 aromatic heterocycles. The second-order valence-corrected chi connectivity index (χ2v) is 6.85. The molecule has 110 valence electrons. The average molecular weight is 297 g/mol. The molecule has 5 nitrogen and oxygen atoms in total. The summed E-state index contributed by atoms with van der Waals surface area (Å²) in [5, 5.41) is 8.60. The van der Waals surface area contributed by atoms with E-state index in [0.29, 0.717) is 11.3 Å². The number of aryl methyl sites for hydroxylation is 1. The fourth-order valence-corrected chi connectivity index (χ4v) is 3.23. The van der Waals surface area contributed by atoms with E-state index < -0.39 is 16.0 Å². The zero-order valence-electron chi connectivity index (χ0n) is 11.8. The monoisotopic (exact) mass is 297 g/mol. The van der Waals surface area contributed by atoms with E-state index in [4.69, 9.17) is 5.11 Å². The van der Waals surface area contributed by atoms with Gasteiger partial charge in [-0.1, -0.05) is 19.9 Å². The number of nitrogens with one attached hydrogen (secondary N) is 1. The molecule has 0 spiro atoms. The van der Waals surface area contributed by atoms with Crippen LogP contribution < -0.4 is 4.72 Å². The van der Waals surface area contributed by atoms with Crippen LogP contribution in [0.1, 0.15) is 25.0 Å². The topological polar surface area (TPSA) is 83.5 Å². The summed E-state index contributed by atoms with van der Waals surface area (Å²) in [6, 6.07) is 5.08. The normalized spacial score (nSPS) is 12.0. The number of hydrogen-bond acceptors (Lipinski definition) is 3. The van der Waals surface area contributed by atoms with Gasteiger partial charge in [-0.25, -0.2) is 13.2 Å². The zero-order valence-corrected chi connectivity index (χ0v) is 12.6. The van der Waals surface area contributed by atoms with E-state index >= 15 is 0 Å². The van der Waals surface area contributed by atoms with Gasteiger partial charge in [0, 0.05) is 11.8 Å². The second kappa shape index (κ2) is 6.56. The molecule has 6 heteroatoms. The van der Waals surface area contributed by atoms with E-state index in [1.807, 2.05) is 20.8 Å². The highest BCUT2D eigenvalue weighted by atomic mass is 32.2. The molecule has 0 unspecified atom stereocenters. The molecule has 2 N–H and O–H groups in total.